The molecule has 0 fully saturated rings. The van der Waals surface area contributed by atoms with Crippen LogP contribution in [-0.2, 0) is 4.74 Å². The van der Waals surface area contributed by atoms with Crippen LogP contribution >= 0.6 is 0 Å². The molecular weight excluding hydrogens is 256 g/mol. The summed E-state index contributed by atoms with van der Waals surface area (Å²) in [6.45, 7) is 6.31. The molecular formula is C15H24N2O3. The maximum absolute atomic E-state index is 11.9. The van der Waals surface area contributed by atoms with Crippen molar-refractivity contribution in [3.63, 3.8) is 0 Å². The first-order chi connectivity index (χ1) is 9.47. The standard InChI is InChI=1S/C15H24N2O3/c1-10-6-7-14(20-5)13(8-10)12(3)17-15(18)16-11(2)9-19-4/h6-8,11-12H,9H2,1-5H3,(H2,16,17,18). The average Bonchev–Trinajstić information content (AvgIpc) is 2.38. The predicted molar refractivity (Wildman–Crippen MR) is 79.2 cm³/mol. The van der Waals surface area contributed by atoms with Crippen molar-refractivity contribution in [2.75, 3.05) is 20.8 Å². The lowest BCUT2D eigenvalue weighted by Crippen LogP contribution is -2.43. The van der Waals surface area contributed by atoms with Crippen molar-refractivity contribution in [2.24, 2.45) is 0 Å². The minimum atomic E-state index is -0.217. The van der Waals surface area contributed by atoms with Gasteiger partial charge in [0.15, 0.2) is 0 Å². The number of hydrogen-bond donors (Lipinski definition) is 2. The minimum absolute atomic E-state index is 0.0356. The molecule has 0 saturated carbocycles. The molecule has 1 aromatic carbocycles. The quantitative estimate of drug-likeness (QED) is 0.841. The van der Waals surface area contributed by atoms with Crippen LogP contribution in [0.4, 0.5) is 4.79 Å². The van der Waals surface area contributed by atoms with Gasteiger partial charge in [0.05, 0.1) is 25.8 Å². The second-order valence-corrected chi connectivity index (χ2v) is 4.94. The Hall–Kier alpha value is -1.75. The molecule has 0 aromatic heterocycles. The van der Waals surface area contributed by atoms with Crippen molar-refractivity contribution in [3.05, 3.63) is 29.3 Å². The van der Waals surface area contributed by atoms with E-state index in [0.717, 1.165) is 16.9 Å². The summed E-state index contributed by atoms with van der Waals surface area (Å²) in [4.78, 5) is 11.9. The van der Waals surface area contributed by atoms with E-state index in [-0.39, 0.29) is 18.1 Å². The number of carbonyl (C=O) groups is 1. The van der Waals surface area contributed by atoms with E-state index in [1.54, 1.807) is 14.2 Å². The lowest BCUT2D eigenvalue weighted by atomic mass is 10.0. The summed E-state index contributed by atoms with van der Waals surface area (Å²) in [5.41, 5.74) is 2.09. The molecule has 0 aliphatic rings. The zero-order valence-electron chi connectivity index (χ0n) is 12.8. The zero-order chi connectivity index (χ0) is 15.1. The normalized spacial score (nSPS) is 13.4. The number of ether oxygens (including phenoxy) is 2. The molecule has 0 aliphatic heterocycles. The molecule has 0 aliphatic carbocycles. The van der Waals surface area contributed by atoms with Gasteiger partial charge in [0.25, 0.3) is 0 Å². The maximum Gasteiger partial charge on any atom is 0.315 e. The van der Waals surface area contributed by atoms with E-state index >= 15 is 0 Å². The molecule has 2 amide bonds. The summed E-state index contributed by atoms with van der Waals surface area (Å²) in [5, 5.41) is 5.72. The fraction of sp³-hybridized carbons (Fsp3) is 0.533. The van der Waals surface area contributed by atoms with E-state index in [2.05, 4.69) is 10.6 Å². The molecule has 5 heteroatoms. The molecule has 112 valence electrons. The predicted octanol–water partition coefficient (Wildman–Crippen LogP) is 2.40. The van der Waals surface area contributed by atoms with Crippen LogP contribution in [0.2, 0.25) is 0 Å². The van der Waals surface area contributed by atoms with Crippen LogP contribution in [0.25, 0.3) is 0 Å². The van der Waals surface area contributed by atoms with Gasteiger partial charge in [-0.25, -0.2) is 4.79 Å². The molecule has 5 nitrogen and oxygen atoms in total. The lowest BCUT2D eigenvalue weighted by molar-refractivity contribution is 0.170. The molecule has 0 heterocycles. The van der Waals surface area contributed by atoms with Crippen LogP contribution in [0.3, 0.4) is 0 Å². The van der Waals surface area contributed by atoms with Crippen molar-refractivity contribution in [3.8, 4) is 5.75 Å². The Morgan fingerprint density at radius 3 is 2.55 bits per heavy atom. The van der Waals surface area contributed by atoms with E-state index in [0.29, 0.717) is 6.61 Å². The summed E-state index contributed by atoms with van der Waals surface area (Å²) in [6.07, 6.45) is 0. The highest BCUT2D eigenvalue weighted by atomic mass is 16.5. The van der Waals surface area contributed by atoms with Gasteiger partial charge in [-0.15, -0.1) is 0 Å². The van der Waals surface area contributed by atoms with E-state index in [1.807, 2.05) is 39.0 Å². The number of nitrogens with one attached hydrogen (secondary N) is 2. The van der Waals surface area contributed by atoms with Gasteiger partial charge in [0.1, 0.15) is 5.75 Å². The third-order valence-electron chi connectivity index (χ3n) is 2.99. The molecule has 20 heavy (non-hydrogen) atoms. The van der Waals surface area contributed by atoms with Crippen molar-refractivity contribution < 1.29 is 14.3 Å². The Labute approximate surface area is 120 Å². The summed E-state index contributed by atoms with van der Waals surface area (Å²) in [7, 11) is 3.23. The molecule has 0 bridgehead atoms. The molecule has 2 unspecified atom stereocenters. The highest BCUT2D eigenvalue weighted by molar-refractivity contribution is 5.74. The lowest BCUT2D eigenvalue weighted by Gasteiger charge is -2.20. The Kier molecular flexibility index (Phi) is 6.31. The van der Waals surface area contributed by atoms with E-state index in [1.165, 1.54) is 0 Å². The monoisotopic (exact) mass is 280 g/mol. The van der Waals surface area contributed by atoms with Crippen molar-refractivity contribution in [2.45, 2.75) is 32.9 Å². The van der Waals surface area contributed by atoms with Gasteiger partial charge in [-0.3, -0.25) is 0 Å². The van der Waals surface area contributed by atoms with Crippen molar-refractivity contribution >= 4 is 6.03 Å². The Bertz CT molecular complexity index is 449. The Morgan fingerprint density at radius 2 is 1.95 bits per heavy atom. The first-order valence-corrected chi connectivity index (χ1v) is 6.68. The molecule has 2 atom stereocenters. The van der Waals surface area contributed by atoms with Gasteiger partial charge >= 0.3 is 6.03 Å². The summed E-state index contributed by atoms with van der Waals surface area (Å²) in [6, 6.07) is 5.52. The van der Waals surface area contributed by atoms with Crippen molar-refractivity contribution in [1.82, 2.24) is 10.6 Å². The number of amides is 2. The van der Waals surface area contributed by atoms with Crippen molar-refractivity contribution in [1.29, 1.82) is 0 Å². The molecule has 0 spiro atoms. The third-order valence-corrected chi connectivity index (χ3v) is 2.99. The largest absolute Gasteiger partial charge is 0.496 e. The summed E-state index contributed by atoms with van der Waals surface area (Å²) in [5.74, 6) is 0.772. The fourth-order valence-corrected chi connectivity index (χ4v) is 2.02. The van der Waals surface area contributed by atoms with E-state index in [9.17, 15) is 4.79 Å². The van der Waals surface area contributed by atoms with Crippen LogP contribution in [-0.4, -0.2) is 32.9 Å². The smallest absolute Gasteiger partial charge is 0.315 e. The van der Waals surface area contributed by atoms with Gasteiger partial charge in [-0.1, -0.05) is 17.7 Å². The fourth-order valence-electron chi connectivity index (χ4n) is 2.02. The minimum Gasteiger partial charge on any atom is -0.496 e. The van der Waals surface area contributed by atoms with Gasteiger partial charge in [-0.2, -0.15) is 0 Å². The number of benzene rings is 1. The number of urea groups is 1. The second kappa shape index (κ2) is 7.75. The average molecular weight is 280 g/mol. The summed E-state index contributed by atoms with van der Waals surface area (Å²) < 4.78 is 10.3. The topological polar surface area (TPSA) is 59.6 Å². The van der Waals surface area contributed by atoms with Gasteiger partial charge in [0, 0.05) is 12.7 Å². The van der Waals surface area contributed by atoms with Crippen LogP contribution in [0, 0.1) is 6.92 Å². The highest BCUT2D eigenvalue weighted by Gasteiger charge is 2.15. The molecule has 0 radical (unpaired) electrons. The van der Waals surface area contributed by atoms with E-state index < -0.39 is 0 Å². The van der Waals surface area contributed by atoms with Crippen LogP contribution in [0.1, 0.15) is 31.0 Å². The maximum atomic E-state index is 11.9. The SMILES string of the molecule is COCC(C)NC(=O)NC(C)c1cc(C)ccc1OC. The Balaban J connectivity index is 2.68. The first kappa shape index (κ1) is 16.3. The number of rotatable bonds is 6. The van der Waals surface area contributed by atoms with Crippen LogP contribution in [0.15, 0.2) is 18.2 Å². The van der Waals surface area contributed by atoms with Crippen LogP contribution < -0.4 is 15.4 Å². The van der Waals surface area contributed by atoms with Gasteiger partial charge in [0.2, 0.25) is 0 Å². The number of carbonyl (C=O) groups excluding carboxylic acids is 1. The van der Waals surface area contributed by atoms with E-state index in [4.69, 9.17) is 9.47 Å². The molecule has 2 N–H and O–H groups in total. The van der Waals surface area contributed by atoms with Gasteiger partial charge < -0.3 is 20.1 Å². The third kappa shape index (κ3) is 4.74. The second-order valence-electron chi connectivity index (χ2n) is 4.94. The summed E-state index contributed by atoms with van der Waals surface area (Å²) >= 11 is 0. The molecule has 1 rings (SSSR count). The number of hydrogen-bond acceptors (Lipinski definition) is 3. The Morgan fingerprint density at radius 1 is 1.25 bits per heavy atom. The first-order valence-electron chi connectivity index (χ1n) is 6.68. The van der Waals surface area contributed by atoms with Gasteiger partial charge in [-0.05, 0) is 26.8 Å². The van der Waals surface area contributed by atoms with Crippen LogP contribution in [0.5, 0.6) is 5.75 Å². The number of aryl methyl sites for hydroxylation is 1. The zero-order valence-corrected chi connectivity index (χ0v) is 12.8. The highest BCUT2D eigenvalue weighted by Crippen LogP contribution is 2.25. The molecule has 1 aromatic rings. The number of methoxy groups -OCH3 is 2. The molecule has 0 saturated heterocycles.